The summed E-state index contributed by atoms with van der Waals surface area (Å²) < 4.78 is 10.7. The van der Waals surface area contributed by atoms with Crippen molar-refractivity contribution in [3.8, 4) is 5.75 Å². The summed E-state index contributed by atoms with van der Waals surface area (Å²) in [5.74, 6) is 0.523. The number of nitrogens with one attached hydrogen (secondary N) is 2. The van der Waals surface area contributed by atoms with Crippen LogP contribution in [0.1, 0.15) is 30.5 Å². The Bertz CT molecular complexity index is 763. The van der Waals surface area contributed by atoms with Crippen LogP contribution in [0.2, 0.25) is 0 Å². The zero-order chi connectivity index (χ0) is 18.4. The SMILES string of the molecule is C[C@H](NC(=O)OCc1ccccc1)C(=O)NC1CCOc2ccccc21. The second kappa shape index (κ2) is 8.38. The van der Waals surface area contributed by atoms with Gasteiger partial charge in [0.25, 0.3) is 0 Å². The molecule has 2 atom stereocenters. The normalized spacial score (nSPS) is 16.6. The lowest BCUT2D eigenvalue weighted by Gasteiger charge is -2.27. The molecule has 0 saturated carbocycles. The van der Waals surface area contributed by atoms with E-state index in [1.807, 2.05) is 54.6 Å². The predicted octanol–water partition coefficient (Wildman–Crippen LogP) is 2.94. The topological polar surface area (TPSA) is 76.7 Å². The Kier molecular flexibility index (Phi) is 5.73. The van der Waals surface area contributed by atoms with Crippen molar-refractivity contribution in [2.75, 3.05) is 6.61 Å². The van der Waals surface area contributed by atoms with Crippen LogP contribution >= 0.6 is 0 Å². The molecule has 0 radical (unpaired) electrons. The van der Waals surface area contributed by atoms with Gasteiger partial charge in [-0.3, -0.25) is 4.79 Å². The highest BCUT2D eigenvalue weighted by Gasteiger charge is 2.25. The molecule has 0 aliphatic carbocycles. The lowest BCUT2D eigenvalue weighted by atomic mass is 10.0. The molecule has 6 heteroatoms. The summed E-state index contributed by atoms with van der Waals surface area (Å²) >= 11 is 0. The first-order valence-electron chi connectivity index (χ1n) is 8.63. The van der Waals surface area contributed by atoms with Crippen LogP contribution in [0.4, 0.5) is 4.79 Å². The average Bonchev–Trinajstić information content (AvgIpc) is 2.67. The van der Waals surface area contributed by atoms with Gasteiger partial charge in [-0.25, -0.2) is 4.79 Å². The molecular formula is C20H22N2O4. The van der Waals surface area contributed by atoms with Gasteiger partial charge in [0.1, 0.15) is 18.4 Å². The third-order valence-electron chi connectivity index (χ3n) is 4.22. The second-order valence-corrected chi connectivity index (χ2v) is 6.16. The van der Waals surface area contributed by atoms with Crippen LogP contribution in [0.5, 0.6) is 5.75 Å². The Morgan fingerprint density at radius 3 is 2.69 bits per heavy atom. The van der Waals surface area contributed by atoms with Crippen LogP contribution in [0.3, 0.4) is 0 Å². The van der Waals surface area contributed by atoms with Crippen molar-refractivity contribution in [3.05, 3.63) is 65.7 Å². The lowest BCUT2D eigenvalue weighted by molar-refractivity contribution is -0.123. The lowest BCUT2D eigenvalue weighted by Crippen LogP contribution is -2.46. The van der Waals surface area contributed by atoms with Crippen molar-refractivity contribution in [2.45, 2.75) is 32.0 Å². The highest BCUT2D eigenvalue weighted by molar-refractivity contribution is 5.85. The molecule has 2 N–H and O–H groups in total. The molecule has 6 nitrogen and oxygen atoms in total. The second-order valence-electron chi connectivity index (χ2n) is 6.16. The number of carbonyl (C=O) groups is 2. The summed E-state index contributed by atoms with van der Waals surface area (Å²) in [5.41, 5.74) is 1.84. The zero-order valence-electron chi connectivity index (χ0n) is 14.6. The van der Waals surface area contributed by atoms with Gasteiger partial charge < -0.3 is 20.1 Å². The van der Waals surface area contributed by atoms with Crippen molar-refractivity contribution in [1.29, 1.82) is 0 Å². The van der Waals surface area contributed by atoms with Gasteiger partial charge in [-0.15, -0.1) is 0 Å². The van der Waals surface area contributed by atoms with E-state index in [-0.39, 0.29) is 18.6 Å². The van der Waals surface area contributed by atoms with Gasteiger partial charge in [0.05, 0.1) is 12.6 Å². The van der Waals surface area contributed by atoms with Crippen molar-refractivity contribution < 1.29 is 19.1 Å². The summed E-state index contributed by atoms with van der Waals surface area (Å²) in [5, 5.41) is 5.52. The van der Waals surface area contributed by atoms with Crippen LogP contribution in [-0.4, -0.2) is 24.6 Å². The van der Waals surface area contributed by atoms with Crippen molar-refractivity contribution in [3.63, 3.8) is 0 Å². The van der Waals surface area contributed by atoms with Crippen LogP contribution in [0.25, 0.3) is 0 Å². The third-order valence-corrected chi connectivity index (χ3v) is 4.22. The molecule has 136 valence electrons. The summed E-state index contributed by atoms with van der Waals surface area (Å²) in [4.78, 5) is 24.3. The molecule has 26 heavy (non-hydrogen) atoms. The fourth-order valence-corrected chi connectivity index (χ4v) is 2.80. The van der Waals surface area contributed by atoms with Gasteiger partial charge in [0, 0.05) is 12.0 Å². The number of ether oxygens (including phenoxy) is 2. The van der Waals surface area contributed by atoms with E-state index in [9.17, 15) is 9.59 Å². The largest absolute Gasteiger partial charge is 0.493 e. The number of alkyl carbamates (subject to hydrolysis) is 1. The maximum Gasteiger partial charge on any atom is 0.408 e. The maximum atomic E-state index is 12.4. The van der Waals surface area contributed by atoms with E-state index in [1.165, 1.54) is 0 Å². The van der Waals surface area contributed by atoms with E-state index in [4.69, 9.17) is 9.47 Å². The number of para-hydroxylation sites is 1. The zero-order valence-corrected chi connectivity index (χ0v) is 14.6. The highest BCUT2D eigenvalue weighted by Crippen LogP contribution is 2.31. The monoisotopic (exact) mass is 354 g/mol. The quantitative estimate of drug-likeness (QED) is 0.865. The number of fused-ring (bicyclic) bond motifs is 1. The summed E-state index contributed by atoms with van der Waals surface area (Å²) in [6.07, 6.45) is 0.0670. The first-order valence-corrected chi connectivity index (χ1v) is 8.63. The molecule has 1 unspecified atom stereocenters. The van der Waals surface area contributed by atoms with Crippen molar-refractivity contribution >= 4 is 12.0 Å². The Morgan fingerprint density at radius 1 is 1.15 bits per heavy atom. The standard InChI is InChI=1S/C20H22N2O4/c1-14(21-20(24)26-13-15-7-3-2-4-8-15)19(23)22-17-11-12-25-18-10-6-5-9-16(17)18/h2-10,14,17H,11-13H2,1H3,(H,21,24)(H,22,23)/t14-,17?/m0/s1. The highest BCUT2D eigenvalue weighted by atomic mass is 16.5. The molecule has 3 rings (SSSR count). The first kappa shape index (κ1) is 17.8. The van der Waals surface area contributed by atoms with Crippen LogP contribution in [-0.2, 0) is 16.1 Å². The fourth-order valence-electron chi connectivity index (χ4n) is 2.80. The van der Waals surface area contributed by atoms with Crippen LogP contribution in [0, 0.1) is 0 Å². The molecule has 1 aliphatic heterocycles. The van der Waals surface area contributed by atoms with E-state index in [0.29, 0.717) is 13.0 Å². The summed E-state index contributed by atoms with van der Waals surface area (Å²) in [6, 6.07) is 16.2. The van der Waals surface area contributed by atoms with Crippen LogP contribution < -0.4 is 15.4 Å². The van der Waals surface area contributed by atoms with Gasteiger partial charge in [0.2, 0.25) is 5.91 Å². The molecule has 1 heterocycles. The Labute approximate surface area is 152 Å². The molecule has 0 spiro atoms. The molecule has 0 saturated heterocycles. The van der Waals surface area contributed by atoms with Gasteiger partial charge in [-0.1, -0.05) is 48.5 Å². The van der Waals surface area contributed by atoms with E-state index < -0.39 is 12.1 Å². The van der Waals surface area contributed by atoms with E-state index in [1.54, 1.807) is 6.92 Å². The number of amides is 2. The number of hydrogen-bond donors (Lipinski definition) is 2. The maximum absolute atomic E-state index is 12.4. The smallest absolute Gasteiger partial charge is 0.408 e. The van der Waals surface area contributed by atoms with Gasteiger partial charge in [-0.05, 0) is 18.6 Å². The molecule has 0 aromatic heterocycles. The van der Waals surface area contributed by atoms with E-state index >= 15 is 0 Å². The summed E-state index contributed by atoms with van der Waals surface area (Å²) in [6.45, 7) is 2.33. The molecule has 2 amide bonds. The van der Waals surface area contributed by atoms with E-state index in [0.717, 1.165) is 16.9 Å². The molecule has 1 aliphatic rings. The van der Waals surface area contributed by atoms with Gasteiger partial charge in [0.15, 0.2) is 0 Å². The molecular weight excluding hydrogens is 332 g/mol. The van der Waals surface area contributed by atoms with E-state index in [2.05, 4.69) is 10.6 Å². The Balaban J connectivity index is 1.50. The van der Waals surface area contributed by atoms with Crippen molar-refractivity contribution in [2.24, 2.45) is 0 Å². The van der Waals surface area contributed by atoms with Crippen LogP contribution in [0.15, 0.2) is 54.6 Å². The summed E-state index contributed by atoms with van der Waals surface area (Å²) in [7, 11) is 0. The fraction of sp³-hybridized carbons (Fsp3) is 0.300. The minimum Gasteiger partial charge on any atom is -0.493 e. The number of carbonyl (C=O) groups excluding carboxylic acids is 2. The molecule has 0 fully saturated rings. The number of rotatable bonds is 5. The first-order chi connectivity index (χ1) is 12.6. The minimum atomic E-state index is -0.701. The molecule has 2 aromatic carbocycles. The predicted molar refractivity (Wildman–Crippen MR) is 96.7 cm³/mol. The van der Waals surface area contributed by atoms with Crippen molar-refractivity contribution in [1.82, 2.24) is 10.6 Å². The Morgan fingerprint density at radius 2 is 1.88 bits per heavy atom. The number of benzene rings is 2. The molecule has 0 bridgehead atoms. The number of hydrogen-bond acceptors (Lipinski definition) is 4. The molecule has 2 aromatic rings. The minimum absolute atomic E-state index is 0.128. The third kappa shape index (κ3) is 4.53. The van der Waals surface area contributed by atoms with Gasteiger partial charge in [-0.2, -0.15) is 0 Å². The Hall–Kier alpha value is -3.02. The average molecular weight is 354 g/mol. The van der Waals surface area contributed by atoms with Gasteiger partial charge >= 0.3 is 6.09 Å².